The fraction of sp³-hybridized carbons (Fsp3) is 0.0833. The molecule has 0 saturated carbocycles. The van der Waals surface area contributed by atoms with E-state index in [1.807, 2.05) is 0 Å². The van der Waals surface area contributed by atoms with Gasteiger partial charge in [0.15, 0.2) is 5.82 Å². The monoisotopic (exact) mass is 283 g/mol. The van der Waals surface area contributed by atoms with Gasteiger partial charge in [0.05, 0.1) is 0 Å². The summed E-state index contributed by atoms with van der Waals surface area (Å²) in [4.78, 5) is 14.2. The summed E-state index contributed by atoms with van der Waals surface area (Å²) in [6.07, 6.45) is -4.77. The second-order valence-electron chi connectivity index (χ2n) is 3.79. The Balaban J connectivity index is 2.63. The molecular weight excluding hydrogens is 275 g/mol. The van der Waals surface area contributed by atoms with Gasteiger partial charge in [-0.25, -0.2) is 14.5 Å². The minimum atomic E-state index is -4.77. The molecule has 0 aliphatic rings. The predicted octanol–water partition coefficient (Wildman–Crippen LogP) is 2.52. The summed E-state index contributed by atoms with van der Waals surface area (Å²) in [6, 6.07) is 7.84. The normalized spacial score (nSPS) is 11.3. The lowest BCUT2D eigenvalue weighted by Gasteiger charge is -2.04. The van der Waals surface area contributed by atoms with E-state index in [1.165, 1.54) is 12.1 Å². The van der Waals surface area contributed by atoms with Crippen molar-refractivity contribution in [3.8, 4) is 11.4 Å². The van der Waals surface area contributed by atoms with Gasteiger partial charge in [0.2, 0.25) is 0 Å². The summed E-state index contributed by atoms with van der Waals surface area (Å²) in [5.41, 5.74) is -0.315. The molecule has 20 heavy (non-hydrogen) atoms. The number of aromatic nitrogens is 3. The van der Waals surface area contributed by atoms with Crippen LogP contribution < -0.4 is 0 Å². The standard InChI is InChI=1S/C12H8F3N3O2/c1-7(10(19)20)18-9(8-5-3-2-4-6-8)16-11(17-18)12(13,14)15/h2-6H,1H2,(H,19,20). The van der Waals surface area contributed by atoms with E-state index in [-0.39, 0.29) is 5.82 Å². The summed E-state index contributed by atoms with van der Waals surface area (Å²) >= 11 is 0. The highest BCUT2D eigenvalue weighted by atomic mass is 19.4. The SMILES string of the molecule is C=C(C(=O)O)n1nc(C(F)(F)F)nc1-c1ccccc1. The van der Waals surface area contributed by atoms with Gasteiger partial charge in [0, 0.05) is 5.56 Å². The zero-order valence-electron chi connectivity index (χ0n) is 9.92. The first kappa shape index (κ1) is 13.8. The van der Waals surface area contributed by atoms with E-state index in [9.17, 15) is 18.0 Å². The molecule has 2 aromatic rings. The smallest absolute Gasteiger partial charge is 0.453 e. The maximum Gasteiger partial charge on any atom is 0.453 e. The van der Waals surface area contributed by atoms with Gasteiger partial charge in [-0.3, -0.25) is 0 Å². The Morgan fingerprint density at radius 3 is 2.35 bits per heavy atom. The van der Waals surface area contributed by atoms with Crippen LogP contribution in [0.15, 0.2) is 36.9 Å². The van der Waals surface area contributed by atoms with Crippen LogP contribution in [0, 0.1) is 0 Å². The second kappa shape index (κ2) is 4.80. The Morgan fingerprint density at radius 1 is 1.25 bits per heavy atom. The van der Waals surface area contributed by atoms with E-state index in [1.54, 1.807) is 18.2 Å². The lowest BCUT2D eigenvalue weighted by atomic mass is 10.2. The van der Waals surface area contributed by atoms with Crippen molar-refractivity contribution in [3.63, 3.8) is 0 Å². The number of nitrogens with zero attached hydrogens (tertiary/aromatic N) is 3. The molecule has 5 nitrogen and oxygen atoms in total. The van der Waals surface area contributed by atoms with Crippen molar-refractivity contribution in [2.24, 2.45) is 0 Å². The van der Waals surface area contributed by atoms with E-state index in [0.717, 1.165) is 0 Å². The number of rotatable bonds is 3. The third-order valence-corrected chi connectivity index (χ3v) is 2.40. The number of carbonyl (C=O) groups is 1. The van der Waals surface area contributed by atoms with Crippen LogP contribution in [0.5, 0.6) is 0 Å². The first-order valence-corrected chi connectivity index (χ1v) is 5.33. The van der Waals surface area contributed by atoms with Gasteiger partial charge < -0.3 is 5.11 Å². The highest BCUT2D eigenvalue weighted by Gasteiger charge is 2.38. The van der Waals surface area contributed by atoms with Gasteiger partial charge in [0.1, 0.15) is 5.70 Å². The number of hydrogen-bond acceptors (Lipinski definition) is 3. The Kier molecular flexibility index (Phi) is 3.31. The molecule has 0 spiro atoms. The first-order chi connectivity index (χ1) is 9.30. The fourth-order valence-corrected chi connectivity index (χ4v) is 1.49. The maximum absolute atomic E-state index is 12.6. The van der Waals surface area contributed by atoms with E-state index in [0.29, 0.717) is 10.2 Å². The van der Waals surface area contributed by atoms with Gasteiger partial charge in [-0.1, -0.05) is 36.9 Å². The molecule has 0 aliphatic carbocycles. The molecule has 0 unspecified atom stereocenters. The number of carboxylic acids is 1. The zero-order chi connectivity index (χ0) is 14.9. The van der Waals surface area contributed by atoms with E-state index < -0.39 is 23.7 Å². The predicted molar refractivity (Wildman–Crippen MR) is 63.4 cm³/mol. The van der Waals surface area contributed by atoms with Crippen LogP contribution in [0.2, 0.25) is 0 Å². The average Bonchev–Trinajstić information content (AvgIpc) is 2.83. The van der Waals surface area contributed by atoms with Crippen LogP contribution in [-0.4, -0.2) is 25.8 Å². The lowest BCUT2D eigenvalue weighted by molar-refractivity contribution is -0.145. The molecule has 1 aromatic carbocycles. The summed E-state index contributed by atoms with van der Waals surface area (Å²) in [5, 5.41) is 12.0. The van der Waals surface area contributed by atoms with E-state index in [4.69, 9.17) is 5.11 Å². The molecule has 8 heteroatoms. The number of hydrogen-bond donors (Lipinski definition) is 1. The van der Waals surface area contributed by atoms with Gasteiger partial charge in [0.25, 0.3) is 5.82 Å². The Labute approximate surface area is 111 Å². The van der Waals surface area contributed by atoms with Gasteiger partial charge >= 0.3 is 12.1 Å². The third kappa shape index (κ3) is 2.53. The third-order valence-electron chi connectivity index (χ3n) is 2.40. The van der Waals surface area contributed by atoms with Crippen molar-refractivity contribution in [3.05, 3.63) is 42.7 Å². The molecule has 0 aliphatic heterocycles. The van der Waals surface area contributed by atoms with Crippen molar-refractivity contribution >= 4 is 11.7 Å². The molecule has 0 fully saturated rings. The van der Waals surface area contributed by atoms with Crippen molar-refractivity contribution in [2.45, 2.75) is 6.18 Å². The van der Waals surface area contributed by atoms with Crippen LogP contribution in [0.25, 0.3) is 17.1 Å². The Morgan fingerprint density at radius 2 is 1.85 bits per heavy atom. The maximum atomic E-state index is 12.6. The molecule has 1 aromatic heterocycles. The molecule has 0 amide bonds. The largest absolute Gasteiger partial charge is 0.477 e. The van der Waals surface area contributed by atoms with Crippen molar-refractivity contribution in [1.29, 1.82) is 0 Å². The minimum absolute atomic E-state index is 0.231. The molecule has 0 saturated heterocycles. The number of aliphatic carboxylic acids is 1. The quantitative estimate of drug-likeness (QED) is 0.879. The van der Waals surface area contributed by atoms with Gasteiger partial charge in [-0.2, -0.15) is 13.2 Å². The molecular formula is C12H8F3N3O2. The van der Waals surface area contributed by atoms with E-state index in [2.05, 4.69) is 16.7 Å². The molecule has 0 bridgehead atoms. The summed E-state index contributed by atoms with van der Waals surface area (Å²) < 4.78 is 38.5. The molecule has 0 radical (unpaired) electrons. The molecule has 1 heterocycles. The Hall–Kier alpha value is -2.64. The summed E-state index contributed by atoms with van der Waals surface area (Å²) in [6.45, 7) is 3.20. The van der Waals surface area contributed by atoms with Crippen LogP contribution in [0.1, 0.15) is 5.82 Å². The Bertz CT molecular complexity index is 662. The summed E-state index contributed by atoms with van der Waals surface area (Å²) in [7, 11) is 0. The van der Waals surface area contributed by atoms with Crippen LogP contribution in [0.4, 0.5) is 13.2 Å². The number of alkyl halides is 3. The van der Waals surface area contributed by atoms with Crippen LogP contribution in [-0.2, 0) is 11.0 Å². The summed E-state index contributed by atoms with van der Waals surface area (Å²) in [5.74, 6) is -3.13. The van der Waals surface area contributed by atoms with E-state index >= 15 is 0 Å². The van der Waals surface area contributed by atoms with Gasteiger partial charge in [-0.15, -0.1) is 5.10 Å². The highest BCUT2D eigenvalue weighted by molar-refractivity contribution is 6.08. The molecule has 104 valence electrons. The average molecular weight is 283 g/mol. The highest BCUT2D eigenvalue weighted by Crippen LogP contribution is 2.29. The van der Waals surface area contributed by atoms with Crippen molar-refractivity contribution < 1.29 is 23.1 Å². The number of benzene rings is 1. The fourth-order valence-electron chi connectivity index (χ4n) is 1.49. The molecule has 2 rings (SSSR count). The first-order valence-electron chi connectivity index (χ1n) is 5.33. The topological polar surface area (TPSA) is 68.0 Å². The van der Waals surface area contributed by atoms with Crippen LogP contribution in [0.3, 0.4) is 0 Å². The second-order valence-corrected chi connectivity index (χ2v) is 3.79. The zero-order valence-corrected chi connectivity index (χ0v) is 9.92. The molecule has 1 N–H and O–H groups in total. The van der Waals surface area contributed by atoms with Gasteiger partial charge in [-0.05, 0) is 0 Å². The van der Waals surface area contributed by atoms with Crippen molar-refractivity contribution in [2.75, 3.05) is 0 Å². The van der Waals surface area contributed by atoms with Crippen LogP contribution >= 0.6 is 0 Å². The number of carboxylic acid groups (broad SMARTS) is 1. The number of halogens is 3. The lowest BCUT2D eigenvalue weighted by Crippen LogP contribution is -2.12. The van der Waals surface area contributed by atoms with Crippen molar-refractivity contribution in [1.82, 2.24) is 14.8 Å². The molecule has 0 atom stereocenters. The minimum Gasteiger partial charge on any atom is -0.477 e.